The molecular formula is C17H30N2O4. The van der Waals surface area contributed by atoms with Crippen LogP contribution in [0, 0.1) is 0 Å². The first-order chi connectivity index (χ1) is 10.9. The highest BCUT2D eigenvalue weighted by atomic mass is 16.6. The summed E-state index contributed by atoms with van der Waals surface area (Å²) in [6.45, 7) is 11.7. The predicted molar refractivity (Wildman–Crippen MR) is 86.5 cm³/mol. The van der Waals surface area contributed by atoms with Crippen LogP contribution in [0.25, 0.3) is 0 Å². The molecule has 3 rings (SSSR count). The second-order valence-electron chi connectivity index (χ2n) is 7.97. The Labute approximate surface area is 139 Å². The Morgan fingerprint density at radius 3 is 2.39 bits per heavy atom. The molecule has 0 aromatic rings. The number of amides is 1. The molecule has 0 aromatic carbocycles. The molecule has 1 atom stereocenters. The summed E-state index contributed by atoms with van der Waals surface area (Å²) in [5.41, 5.74) is -0.473. The molecule has 0 unspecified atom stereocenters. The zero-order valence-electron chi connectivity index (χ0n) is 14.7. The van der Waals surface area contributed by atoms with Crippen molar-refractivity contribution < 1.29 is 19.0 Å². The minimum Gasteiger partial charge on any atom is -0.444 e. The van der Waals surface area contributed by atoms with E-state index in [2.05, 4.69) is 4.90 Å². The van der Waals surface area contributed by atoms with Crippen LogP contribution in [0.4, 0.5) is 4.79 Å². The smallest absolute Gasteiger partial charge is 0.410 e. The molecule has 23 heavy (non-hydrogen) atoms. The molecule has 0 aromatic heterocycles. The highest BCUT2D eigenvalue weighted by molar-refractivity contribution is 5.68. The minimum absolute atomic E-state index is 0.0402. The molecule has 0 radical (unpaired) electrons. The van der Waals surface area contributed by atoms with E-state index in [0.29, 0.717) is 6.04 Å². The summed E-state index contributed by atoms with van der Waals surface area (Å²) in [6.07, 6.45) is 2.70. The predicted octanol–water partition coefficient (Wildman–Crippen LogP) is 1.88. The van der Waals surface area contributed by atoms with Crippen LogP contribution in [0.5, 0.6) is 0 Å². The number of carbonyl (C=O) groups excluding carboxylic acids is 1. The van der Waals surface area contributed by atoms with E-state index in [1.165, 1.54) is 0 Å². The van der Waals surface area contributed by atoms with E-state index in [0.717, 1.165) is 65.3 Å². The number of likely N-dealkylation sites (tertiary alicyclic amines) is 1. The van der Waals surface area contributed by atoms with E-state index in [9.17, 15) is 4.79 Å². The molecule has 3 aliphatic heterocycles. The average Bonchev–Trinajstić information content (AvgIpc) is 2.91. The summed E-state index contributed by atoms with van der Waals surface area (Å²) >= 11 is 0. The van der Waals surface area contributed by atoms with Crippen LogP contribution in [0.15, 0.2) is 0 Å². The average molecular weight is 326 g/mol. The van der Waals surface area contributed by atoms with Crippen LogP contribution in [0.3, 0.4) is 0 Å². The third kappa shape index (κ3) is 4.17. The molecule has 0 aliphatic carbocycles. The fraction of sp³-hybridized carbons (Fsp3) is 0.941. The molecule has 0 N–H and O–H groups in total. The lowest BCUT2D eigenvalue weighted by Gasteiger charge is -2.39. The van der Waals surface area contributed by atoms with E-state index in [1.54, 1.807) is 0 Å². The van der Waals surface area contributed by atoms with E-state index >= 15 is 0 Å². The number of piperidine rings is 1. The zero-order valence-corrected chi connectivity index (χ0v) is 14.7. The lowest BCUT2D eigenvalue weighted by Crippen LogP contribution is -2.49. The van der Waals surface area contributed by atoms with Gasteiger partial charge in [-0.2, -0.15) is 0 Å². The maximum Gasteiger partial charge on any atom is 0.410 e. The van der Waals surface area contributed by atoms with Crippen molar-refractivity contribution in [1.29, 1.82) is 0 Å². The van der Waals surface area contributed by atoms with Crippen LogP contribution >= 0.6 is 0 Å². The van der Waals surface area contributed by atoms with E-state index in [1.807, 2.05) is 25.7 Å². The molecule has 1 amide bonds. The highest BCUT2D eigenvalue weighted by Gasteiger charge is 2.45. The van der Waals surface area contributed by atoms with Gasteiger partial charge in [-0.05, 0) is 40.0 Å². The van der Waals surface area contributed by atoms with E-state index < -0.39 is 5.60 Å². The quantitative estimate of drug-likeness (QED) is 0.736. The van der Waals surface area contributed by atoms with E-state index in [4.69, 9.17) is 14.2 Å². The molecule has 6 heteroatoms. The van der Waals surface area contributed by atoms with Gasteiger partial charge in [0.15, 0.2) is 0 Å². The van der Waals surface area contributed by atoms with Crippen LogP contribution < -0.4 is 0 Å². The molecule has 6 nitrogen and oxygen atoms in total. The lowest BCUT2D eigenvalue weighted by molar-refractivity contribution is -0.0492. The highest BCUT2D eigenvalue weighted by Crippen LogP contribution is 2.38. The molecule has 1 spiro atoms. The van der Waals surface area contributed by atoms with Crippen molar-refractivity contribution in [1.82, 2.24) is 9.80 Å². The third-order valence-electron chi connectivity index (χ3n) is 5.08. The van der Waals surface area contributed by atoms with Crippen LogP contribution in [-0.2, 0) is 14.2 Å². The summed E-state index contributed by atoms with van der Waals surface area (Å²) in [6, 6.07) is 0.506. The number of carbonyl (C=O) groups is 1. The van der Waals surface area contributed by atoms with Gasteiger partial charge in [0.1, 0.15) is 5.60 Å². The Kier molecular flexibility index (Phi) is 4.85. The monoisotopic (exact) mass is 326 g/mol. The van der Waals surface area contributed by atoms with Gasteiger partial charge < -0.3 is 19.1 Å². The van der Waals surface area contributed by atoms with Crippen molar-refractivity contribution in [3.63, 3.8) is 0 Å². The van der Waals surface area contributed by atoms with E-state index in [-0.39, 0.29) is 11.7 Å². The number of hydrogen-bond donors (Lipinski definition) is 0. The summed E-state index contributed by atoms with van der Waals surface area (Å²) in [4.78, 5) is 16.5. The molecule has 3 saturated heterocycles. The molecule has 0 bridgehead atoms. The van der Waals surface area contributed by atoms with Gasteiger partial charge in [0.25, 0.3) is 0 Å². The van der Waals surface area contributed by atoms with Crippen molar-refractivity contribution in [3.8, 4) is 0 Å². The summed E-state index contributed by atoms with van der Waals surface area (Å²) in [5, 5.41) is 0. The summed E-state index contributed by atoms with van der Waals surface area (Å²) in [5.74, 6) is 0. The topological polar surface area (TPSA) is 51.2 Å². The molecule has 3 heterocycles. The summed E-state index contributed by atoms with van der Waals surface area (Å²) < 4.78 is 17.1. The fourth-order valence-corrected chi connectivity index (χ4v) is 3.77. The molecule has 0 saturated carbocycles. The van der Waals surface area contributed by atoms with Gasteiger partial charge in [0, 0.05) is 32.2 Å². The molecule has 3 aliphatic rings. The van der Waals surface area contributed by atoms with Gasteiger partial charge in [-0.25, -0.2) is 4.79 Å². The Morgan fingerprint density at radius 1 is 1.13 bits per heavy atom. The minimum atomic E-state index is -0.433. The van der Waals surface area contributed by atoms with Gasteiger partial charge in [-0.3, -0.25) is 4.90 Å². The van der Waals surface area contributed by atoms with Gasteiger partial charge >= 0.3 is 6.09 Å². The standard InChI is InChI=1S/C17H30N2O4/c1-16(2,3)23-15(20)19-6-4-17(5-7-19)12-14(13-22-17)18-8-10-21-11-9-18/h14H,4-13H2,1-3H3/t14-/m1/s1. The first-order valence-corrected chi connectivity index (χ1v) is 8.81. The molecular weight excluding hydrogens is 296 g/mol. The van der Waals surface area contributed by atoms with Crippen molar-refractivity contribution in [2.24, 2.45) is 0 Å². The van der Waals surface area contributed by atoms with Crippen LogP contribution in [-0.4, -0.2) is 79.1 Å². The largest absolute Gasteiger partial charge is 0.444 e. The Bertz CT molecular complexity index is 421. The van der Waals surface area contributed by atoms with Crippen LogP contribution in [0.1, 0.15) is 40.0 Å². The molecule has 132 valence electrons. The molecule has 3 fully saturated rings. The van der Waals surface area contributed by atoms with Crippen molar-refractivity contribution >= 4 is 6.09 Å². The van der Waals surface area contributed by atoms with Gasteiger partial charge in [-0.1, -0.05) is 0 Å². The number of ether oxygens (including phenoxy) is 3. The maximum atomic E-state index is 12.2. The van der Waals surface area contributed by atoms with Crippen LogP contribution in [0.2, 0.25) is 0 Å². The number of morpholine rings is 1. The second kappa shape index (κ2) is 6.57. The first kappa shape index (κ1) is 17.0. The zero-order chi connectivity index (χ0) is 16.5. The third-order valence-corrected chi connectivity index (χ3v) is 5.08. The van der Waals surface area contributed by atoms with Gasteiger partial charge in [0.05, 0.1) is 25.4 Å². The Morgan fingerprint density at radius 2 is 1.78 bits per heavy atom. The maximum absolute atomic E-state index is 12.2. The number of hydrogen-bond acceptors (Lipinski definition) is 5. The normalized spacial score (nSPS) is 29.0. The first-order valence-electron chi connectivity index (χ1n) is 8.81. The number of rotatable bonds is 1. The SMILES string of the molecule is CC(C)(C)OC(=O)N1CCC2(CC1)C[C@@H](N1CCOCC1)CO2. The number of nitrogens with zero attached hydrogens (tertiary/aromatic N) is 2. The van der Waals surface area contributed by atoms with Crippen molar-refractivity contribution in [2.45, 2.75) is 57.3 Å². The lowest BCUT2D eigenvalue weighted by atomic mass is 9.87. The van der Waals surface area contributed by atoms with Crippen molar-refractivity contribution in [3.05, 3.63) is 0 Å². The fourth-order valence-electron chi connectivity index (χ4n) is 3.77. The second-order valence-corrected chi connectivity index (χ2v) is 7.97. The Balaban J connectivity index is 1.49. The Hall–Kier alpha value is -0.850. The van der Waals surface area contributed by atoms with Crippen molar-refractivity contribution in [2.75, 3.05) is 46.0 Å². The van der Waals surface area contributed by atoms with Gasteiger partial charge in [-0.15, -0.1) is 0 Å². The van der Waals surface area contributed by atoms with Gasteiger partial charge in [0.2, 0.25) is 0 Å². The summed E-state index contributed by atoms with van der Waals surface area (Å²) in [7, 11) is 0.